The number of anilines is 1. The molecule has 0 saturated carbocycles. The van der Waals surface area contributed by atoms with Crippen LogP contribution in [0.2, 0.25) is 10.0 Å². The van der Waals surface area contributed by atoms with Crippen LogP contribution in [0.15, 0.2) is 82.2 Å². The van der Waals surface area contributed by atoms with E-state index in [2.05, 4.69) is 21.2 Å². The average molecular weight is 627 g/mol. The van der Waals surface area contributed by atoms with Crippen LogP contribution in [0, 0.1) is 0 Å². The van der Waals surface area contributed by atoms with Gasteiger partial charge in [0.2, 0.25) is 11.8 Å². The smallest absolute Gasteiger partial charge is 0.264 e. The van der Waals surface area contributed by atoms with Crippen molar-refractivity contribution in [3.63, 3.8) is 0 Å². The van der Waals surface area contributed by atoms with Gasteiger partial charge in [-0.1, -0.05) is 76.4 Å². The molecular weight excluding hydrogens is 601 g/mol. The molecule has 2 amide bonds. The highest BCUT2D eigenvalue weighted by atomic mass is 79.9. The van der Waals surface area contributed by atoms with E-state index in [-0.39, 0.29) is 17.3 Å². The van der Waals surface area contributed by atoms with Crippen molar-refractivity contribution in [2.75, 3.05) is 17.9 Å². The Bertz CT molecular complexity index is 1370. The second-order valence-corrected chi connectivity index (χ2v) is 11.7. The van der Waals surface area contributed by atoms with E-state index in [9.17, 15) is 18.0 Å². The van der Waals surface area contributed by atoms with Crippen LogP contribution in [0.4, 0.5) is 5.69 Å². The fourth-order valence-corrected chi connectivity index (χ4v) is 5.94. The number of carbonyl (C=O) groups is 2. The van der Waals surface area contributed by atoms with Gasteiger partial charge in [0.25, 0.3) is 10.0 Å². The number of carbonyl (C=O) groups excluding carboxylic acids is 2. The molecule has 0 spiro atoms. The normalized spacial score (nSPS) is 12.0. The second kappa shape index (κ2) is 12.8. The predicted octanol–water partition coefficient (Wildman–Crippen LogP) is 5.50. The van der Waals surface area contributed by atoms with Crippen molar-refractivity contribution in [2.45, 2.75) is 30.8 Å². The van der Waals surface area contributed by atoms with Crippen LogP contribution in [0.5, 0.6) is 0 Å². The molecule has 0 aromatic heterocycles. The molecule has 11 heteroatoms. The van der Waals surface area contributed by atoms with Gasteiger partial charge in [-0.3, -0.25) is 13.9 Å². The summed E-state index contributed by atoms with van der Waals surface area (Å²) in [6.45, 7) is 1.28. The SMILES string of the molecule is CC[C@@H](C(=O)NC)N(Cc1ccc(Cl)c(Cl)c1)C(=O)CN(c1cccc(Br)c1)S(=O)(=O)c1ccccc1. The average Bonchev–Trinajstić information content (AvgIpc) is 2.89. The number of halogens is 3. The van der Waals surface area contributed by atoms with E-state index < -0.39 is 28.5 Å². The first kappa shape index (κ1) is 29.0. The van der Waals surface area contributed by atoms with Crippen LogP contribution in [-0.2, 0) is 26.2 Å². The molecular formula is C26H26BrCl2N3O4S. The van der Waals surface area contributed by atoms with E-state index in [4.69, 9.17) is 23.2 Å². The zero-order valence-electron chi connectivity index (χ0n) is 20.2. The summed E-state index contributed by atoms with van der Waals surface area (Å²) >= 11 is 15.6. The van der Waals surface area contributed by atoms with Gasteiger partial charge in [-0.05, 0) is 54.4 Å². The molecule has 0 saturated heterocycles. The van der Waals surface area contributed by atoms with Gasteiger partial charge in [0.05, 0.1) is 20.6 Å². The van der Waals surface area contributed by atoms with Crippen molar-refractivity contribution in [1.82, 2.24) is 10.2 Å². The lowest BCUT2D eigenvalue weighted by molar-refractivity contribution is -0.140. The third-order valence-electron chi connectivity index (χ3n) is 5.68. The van der Waals surface area contributed by atoms with Crippen LogP contribution in [0.3, 0.4) is 0 Å². The molecule has 196 valence electrons. The Morgan fingerprint density at radius 2 is 1.68 bits per heavy atom. The Morgan fingerprint density at radius 1 is 0.973 bits per heavy atom. The fraction of sp³-hybridized carbons (Fsp3) is 0.231. The number of rotatable bonds is 10. The number of hydrogen-bond acceptors (Lipinski definition) is 4. The lowest BCUT2D eigenvalue weighted by atomic mass is 10.1. The summed E-state index contributed by atoms with van der Waals surface area (Å²) in [7, 11) is -2.63. The van der Waals surface area contributed by atoms with Crippen LogP contribution in [-0.4, -0.2) is 44.8 Å². The molecule has 37 heavy (non-hydrogen) atoms. The van der Waals surface area contributed by atoms with E-state index in [0.717, 1.165) is 4.31 Å². The highest BCUT2D eigenvalue weighted by Gasteiger charge is 2.33. The summed E-state index contributed by atoms with van der Waals surface area (Å²) in [6, 6.07) is 18.6. The van der Waals surface area contributed by atoms with Crippen molar-refractivity contribution in [3.8, 4) is 0 Å². The minimum Gasteiger partial charge on any atom is -0.357 e. The van der Waals surface area contributed by atoms with E-state index in [1.807, 2.05) is 0 Å². The van der Waals surface area contributed by atoms with E-state index in [1.54, 1.807) is 67.6 Å². The van der Waals surface area contributed by atoms with Gasteiger partial charge in [-0.15, -0.1) is 0 Å². The topological polar surface area (TPSA) is 86.8 Å². The summed E-state index contributed by atoms with van der Waals surface area (Å²) in [5.74, 6) is -0.920. The first-order chi connectivity index (χ1) is 17.6. The van der Waals surface area contributed by atoms with Crippen molar-refractivity contribution >= 4 is 66.7 Å². The third kappa shape index (κ3) is 7.04. The maximum atomic E-state index is 13.8. The van der Waals surface area contributed by atoms with E-state index in [1.165, 1.54) is 24.1 Å². The molecule has 7 nitrogen and oxygen atoms in total. The standard InChI is InChI=1S/C26H26BrCl2N3O4S/c1-3-24(26(34)30-2)31(16-18-12-13-22(28)23(29)14-18)25(33)17-32(20-9-7-8-19(27)15-20)37(35,36)21-10-5-4-6-11-21/h4-15,24H,3,16-17H2,1-2H3,(H,30,34)/t24-/m0/s1. The first-order valence-corrected chi connectivity index (χ1v) is 14.4. The van der Waals surface area contributed by atoms with E-state index in [0.29, 0.717) is 32.2 Å². The van der Waals surface area contributed by atoms with Crippen LogP contribution in [0.1, 0.15) is 18.9 Å². The molecule has 1 atom stereocenters. The largest absolute Gasteiger partial charge is 0.357 e. The zero-order chi connectivity index (χ0) is 27.2. The summed E-state index contributed by atoms with van der Waals surface area (Å²) in [5.41, 5.74) is 0.944. The van der Waals surface area contributed by atoms with Gasteiger partial charge in [-0.2, -0.15) is 0 Å². The van der Waals surface area contributed by atoms with Gasteiger partial charge in [0.15, 0.2) is 0 Å². The van der Waals surface area contributed by atoms with Crippen molar-refractivity contribution in [2.24, 2.45) is 0 Å². The lowest BCUT2D eigenvalue weighted by Gasteiger charge is -2.33. The Kier molecular flexibility index (Phi) is 10.0. The van der Waals surface area contributed by atoms with Gasteiger partial charge in [0, 0.05) is 18.1 Å². The Morgan fingerprint density at radius 3 is 2.27 bits per heavy atom. The Labute approximate surface area is 235 Å². The number of likely N-dealkylation sites (N-methyl/N-ethyl adjacent to an activating group) is 1. The van der Waals surface area contributed by atoms with E-state index >= 15 is 0 Å². The minimum atomic E-state index is -4.12. The number of benzene rings is 3. The van der Waals surface area contributed by atoms with Gasteiger partial charge >= 0.3 is 0 Å². The summed E-state index contributed by atoms with van der Waals surface area (Å²) in [6.07, 6.45) is 0.315. The molecule has 3 aromatic carbocycles. The maximum Gasteiger partial charge on any atom is 0.264 e. The molecule has 0 aliphatic rings. The van der Waals surface area contributed by atoms with Gasteiger partial charge in [-0.25, -0.2) is 8.42 Å². The van der Waals surface area contributed by atoms with Crippen LogP contribution < -0.4 is 9.62 Å². The number of nitrogens with zero attached hydrogens (tertiary/aromatic N) is 2. The molecule has 0 fully saturated rings. The molecule has 1 N–H and O–H groups in total. The monoisotopic (exact) mass is 625 g/mol. The molecule has 0 heterocycles. The van der Waals surface area contributed by atoms with Crippen LogP contribution in [0.25, 0.3) is 0 Å². The maximum absolute atomic E-state index is 13.8. The molecule has 0 unspecified atom stereocenters. The lowest BCUT2D eigenvalue weighted by Crippen LogP contribution is -2.51. The number of nitrogens with one attached hydrogen (secondary N) is 1. The second-order valence-electron chi connectivity index (χ2n) is 8.11. The quantitative estimate of drug-likeness (QED) is 0.322. The van der Waals surface area contributed by atoms with Gasteiger partial charge < -0.3 is 10.2 Å². The molecule has 0 aliphatic carbocycles. The highest BCUT2D eigenvalue weighted by Crippen LogP contribution is 2.28. The summed E-state index contributed by atoms with van der Waals surface area (Å²) in [5, 5.41) is 3.25. The van der Waals surface area contributed by atoms with Crippen molar-refractivity contribution in [3.05, 3.63) is 92.9 Å². The fourth-order valence-electron chi connectivity index (χ4n) is 3.80. The third-order valence-corrected chi connectivity index (χ3v) is 8.70. The number of amides is 2. The number of hydrogen-bond donors (Lipinski definition) is 1. The van der Waals surface area contributed by atoms with Crippen molar-refractivity contribution in [1.29, 1.82) is 0 Å². The van der Waals surface area contributed by atoms with Crippen molar-refractivity contribution < 1.29 is 18.0 Å². The highest BCUT2D eigenvalue weighted by molar-refractivity contribution is 9.10. The molecule has 0 bridgehead atoms. The summed E-state index contributed by atoms with van der Waals surface area (Å²) < 4.78 is 29.1. The predicted molar refractivity (Wildman–Crippen MR) is 150 cm³/mol. The molecule has 3 aromatic rings. The Balaban J connectivity index is 2.06. The zero-order valence-corrected chi connectivity index (χ0v) is 24.1. The first-order valence-electron chi connectivity index (χ1n) is 11.4. The summed E-state index contributed by atoms with van der Waals surface area (Å²) in [4.78, 5) is 28.0. The van der Waals surface area contributed by atoms with Crippen LogP contribution >= 0.6 is 39.1 Å². The minimum absolute atomic E-state index is 0.0271. The molecule has 3 rings (SSSR count). The molecule has 0 aliphatic heterocycles. The van der Waals surface area contributed by atoms with Gasteiger partial charge in [0.1, 0.15) is 12.6 Å². The Hall–Kier alpha value is -2.59. The number of sulfonamides is 1. The molecule has 0 radical (unpaired) electrons.